The summed E-state index contributed by atoms with van der Waals surface area (Å²) in [6.07, 6.45) is 10.4. The fourth-order valence-electron chi connectivity index (χ4n) is 5.47. The van der Waals surface area contributed by atoms with Gasteiger partial charge in [-0.25, -0.2) is 0 Å². The Bertz CT molecular complexity index is 1670. The maximum absolute atomic E-state index is 12.0. The van der Waals surface area contributed by atoms with Gasteiger partial charge >= 0.3 is 11.9 Å². The van der Waals surface area contributed by atoms with Crippen molar-refractivity contribution < 1.29 is 38.5 Å². The van der Waals surface area contributed by atoms with Gasteiger partial charge in [-0.3, -0.25) is 9.59 Å². The molecule has 2 aliphatic rings. The number of fused-ring (bicyclic) bond motifs is 8. The molecule has 0 radical (unpaired) electrons. The van der Waals surface area contributed by atoms with Crippen molar-refractivity contribution in [2.45, 2.75) is 65.8 Å². The molecule has 5 heterocycles. The number of carbonyl (C=O) groups excluding carboxylic acids is 2. The van der Waals surface area contributed by atoms with E-state index in [1.54, 1.807) is 0 Å². The summed E-state index contributed by atoms with van der Waals surface area (Å²) in [4.78, 5) is 39.0. The Kier molecular flexibility index (Phi) is 9.28. The summed E-state index contributed by atoms with van der Waals surface area (Å²) in [5.41, 5.74) is 10.5. The van der Waals surface area contributed by atoms with E-state index < -0.39 is 0 Å². The fraction of sp³-hybridized carbons (Fsp3) is 0.375. The van der Waals surface area contributed by atoms with Crippen LogP contribution in [0.2, 0.25) is 0 Å². The van der Waals surface area contributed by atoms with E-state index in [0.717, 1.165) is 72.6 Å². The second kappa shape index (κ2) is 12.5. The molecule has 0 saturated carbocycles. The van der Waals surface area contributed by atoms with Gasteiger partial charge < -0.3 is 29.7 Å². The Morgan fingerprint density at radius 3 is 2.20 bits per heavy atom. The zero-order valence-electron chi connectivity index (χ0n) is 24.6. The zero-order valence-corrected chi connectivity index (χ0v) is 27.6. The van der Waals surface area contributed by atoms with Gasteiger partial charge in [-0.05, 0) is 40.5 Å². The van der Waals surface area contributed by atoms with Gasteiger partial charge in [0.2, 0.25) is 0 Å². The van der Waals surface area contributed by atoms with Gasteiger partial charge in [-0.2, -0.15) is 5.69 Å². The second-order valence-electron chi connectivity index (χ2n) is 10.5. The minimum Gasteiger partial charge on any atom is -0.678 e. The standard InChI is InChI=1S/C32H34N4O4.Zn/c1-17-11-22-14-27-19(3)23(7-9-31(37)39-5)29(35-27)16-30-24(8-10-32(38)40-6)20(4)28(36-30)15-26-18(2)12-21(34-26)13-25(17)33-22;/h11-12,14-16,21H,7-10,13H2,1-6H3;/q-4;/b26-15-,27-14-,29-16-;. The predicted octanol–water partition coefficient (Wildman–Crippen LogP) is 2.95. The van der Waals surface area contributed by atoms with Crippen LogP contribution in [0.3, 0.4) is 0 Å². The van der Waals surface area contributed by atoms with Gasteiger partial charge in [0.15, 0.2) is 0 Å². The maximum Gasteiger partial charge on any atom is 0.305 e. The molecule has 8 bridgehead atoms. The number of allylic oxidation sites excluding steroid dienone is 1. The van der Waals surface area contributed by atoms with Crippen LogP contribution < -0.4 is 25.7 Å². The van der Waals surface area contributed by atoms with Gasteiger partial charge in [-0.1, -0.05) is 76.2 Å². The topological polar surface area (TPSA) is 109 Å². The van der Waals surface area contributed by atoms with E-state index >= 15 is 0 Å². The van der Waals surface area contributed by atoms with Crippen molar-refractivity contribution in [3.8, 4) is 0 Å². The molecule has 41 heavy (non-hydrogen) atoms. The Morgan fingerprint density at radius 1 is 0.829 bits per heavy atom. The molecule has 3 aromatic rings. The molecular weight excluding hydrogens is 570 g/mol. The number of hydrogen-bond acceptors (Lipinski definition) is 4. The van der Waals surface area contributed by atoms with Crippen molar-refractivity contribution in [2.75, 3.05) is 14.2 Å². The third-order valence-electron chi connectivity index (χ3n) is 7.86. The number of esters is 2. The van der Waals surface area contributed by atoms with Crippen LogP contribution in [-0.2, 0) is 57.8 Å². The molecule has 0 aliphatic carbocycles. The molecule has 212 valence electrons. The number of hydrogen-bond donors (Lipinski definition) is 0. The molecule has 0 saturated heterocycles. The van der Waals surface area contributed by atoms with E-state index in [-0.39, 0.29) is 50.3 Å². The van der Waals surface area contributed by atoms with Crippen LogP contribution in [0.5, 0.6) is 0 Å². The summed E-state index contributed by atoms with van der Waals surface area (Å²) in [6, 6.07) is 2.09. The molecule has 0 fully saturated rings. The maximum atomic E-state index is 12.0. The summed E-state index contributed by atoms with van der Waals surface area (Å²) in [5, 5.41) is 6.55. The molecule has 9 heteroatoms. The summed E-state index contributed by atoms with van der Waals surface area (Å²) in [5.74, 6) is -0.544. The molecular formula is C32H34N4O4Zn-4. The molecule has 0 N–H and O–H groups in total. The number of carbonyl (C=O) groups is 2. The summed E-state index contributed by atoms with van der Waals surface area (Å²) >= 11 is 0. The van der Waals surface area contributed by atoms with E-state index in [9.17, 15) is 9.59 Å². The van der Waals surface area contributed by atoms with E-state index in [1.165, 1.54) is 14.2 Å². The number of aryl methyl sites for hydroxylation is 1. The van der Waals surface area contributed by atoms with E-state index in [0.29, 0.717) is 19.3 Å². The van der Waals surface area contributed by atoms with E-state index in [1.807, 2.05) is 32.1 Å². The normalized spacial score (nSPS) is 18.4. The van der Waals surface area contributed by atoms with Gasteiger partial charge in [0, 0.05) is 32.3 Å². The van der Waals surface area contributed by atoms with Crippen molar-refractivity contribution in [3.63, 3.8) is 0 Å². The zero-order chi connectivity index (χ0) is 28.6. The van der Waals surface area contributed by atoms with Gasteiger partial charge in [-0.15, -0.1) is 33.5 Å². The average molecular weight is 604 g/mol. The molecule has 5 rings (SSSR count). The first-order chi connectivity index (χ1) is 19.2. The van der Waals surface area contributed by atoms with Crippen molar-refractivity contribution in [1.29, 1.82) is 0 Å². The fourth-order valence-corrected chi connectivity index (χ4v) is 5.47. The number of ether oxygens (including phenoxy) is 2. The Hall–Kier alpha value is -3.58. The first-order valence-corrected chi connectivity index (χ1v) is 13.6. The smallest absolute Gasteiger partial charge is 0.305 e. The number of nitrogens with zero attached hydrogens (tertiary/aromatic N) is 4. The third-order valence-corrected chi connectivity index (χ3v) is 7.86. The molecule has 0 amide bonds. The third kappa shape index (κ3) is 6.35. The van der Waals surface area contributed by atoms with Crippen LogP contribution >= 0.6 is 0 Å². The Balaban J connectivity index is 0.00000387. The van der Waals surface area contributed by atoms with Crippen LogP contribution in [0.15, 0.2) is 23.4 Å². The number of methoxy groups -OCH3 is 2. The van der Waals surface area contributed by atoms with Crippen molar-refractivity contribution in [3.05, 3.63) is 90.0 Å². The number of rotatable bonds is 6. The quantitative estimate of drug-likeness (QED) is 0.315. The van der Waals surface area contributed by atoms with Crippen LogP contribution in [0, 0.1) is 20.8 Å². The van der Waals surface area contributed by atoms with Crippen molar-refractivity contribution >= 4 is 30.2 Å². The molecule has 2 aliphatic heterocycles. The van der Waals surface area contributed by atoms with Crippen molar-refractivity contribution in [2.24, 2.45) is 0 Å². The number of aromatic nitrogens is 3. The monoisotopic (exact) mass is 602 g/mol. The van der Waals surface area contributed by atoms with Gasteiger partial charge in [0.05, 0.1) is 14.2 Å². The average Bonchev–Trinajstić information content (AvgIpc) is 3.62. The van der Waals surface area contributed by atoms with Crippen LogP contribution in [-0.4, -0.2) is 32.2 Å². The van der Waals surface area contributed by atoms with E-state index in [4.69, 9.17) is 29.7 Å². The minimum atomic E-state index is -0.273. The molecule has 0 spiro atoms. The summed E-state index contributed by atoms with van der Waals surface area (Å²) in [7, 11) is 2.80. The van der Waals surface area contributed by atoms with Gasteiger partial charge in [0.25, 0.3) is 0 Å². The molecule has 1 unspecified atom stereocenters. The SMILES string of the molecule is COC(=O)CCc1c2[n-]c(c1C)/C=C1\[N-]C(C=C1C)Cc1[n-]c(cc1C)/C=c1\[n-]/c(c(CCC(=O)OC)c1C)=C\2.[Zn]. The van der Waals surface area contributed by atoms with Gasteiger partial charge in [0.1, 0.15) is 0 Å². The largest absolute Gasteiger partial charge is 0.678 e. The molecule has 1 atom stereocenters. The van der Waals surface area contributed by atoms with Crippen molar-refractivity contribution in [1.82, 2.24) is 15.0 Å². The van der Waals surface area contributed by atoms with E-state index in [2.05, 4.69) is 26.0 Å². The minimum absolute atomic E-state index is 0. The van der Waals surface area contributed by atoms with Crippen LogP contribution in [0.25, 0.3) is 23.5 Å². The summed E-state index contributed by atoms with van der Waals surface area (Å²) < 4.78 is 9.81. The molecule has 3 aromatic heterocycles. The Labute approximate surface area is 253 Å². The van der Waals surface area contributed by atoms with Crippen LogP contribution in [0.4, 0.5) is 0 Å². The predicted molar refractivity (Wildman–Crippen MR) is 153 cm³/mol. The first kappa shape index (κ1) is 30.4. The molecule has 8 nitrogen and oxygen atoms in total. The first-order valence-electron chi connectivity index (χ1n) is 13.6. The Morgan fingerprint density at radius 2 is 1.51 bits per heavy atom. The van der Waals surface area contributed by atoms with Crippen LogP contribution in [0.1, 0.15) is 70.4 Å². The molecule has 0 aromatic carbocycles. The summed E-state index contributed by atoms with van der Waals surface area (Å²) in [6.45, 7) is 8.21. The second-order valence-corrected chi connectivity index (χ2v) is 10.5.